The Hall–Kier alpha value is -1.96. The van der Waals surface area contributed by atoms with Crippen LogP contribution in [0.1, 0.15) is 29.2 Å². The van der Waals surface area contributed by atoms with Crippen LogP contribution in [0.15, 0.2) is 24.3 Å². The number of aromatic amines is 1. The number of morpholine rings is 1. The summed E-state index contributed by atoms with van der Waals surface area (Å²) in [6.45, 7) is 9.02. The topological polar surface area (TPSA) is 57.3 Å². The minimum absolute atomic E-state index is 0.663. The number of likely N-dealkylation sites (tertiary alicyclic amines) is 1. The Morgan fingerprint density at radius 2 is 2.03 bits per heavy atom. The van der Waals surface area contributed by atoms with Crippen molar-refractivity contribution >= 4 is 27.5 Å². The summed E-state index contributed by atoms with van der Waals surface area (Å²) in [5.74, 6) is 1.79. The molecule has 1 aromatic carbocycles. The van der Waals surface area contributed by atoms with Gasteiger partial charge in [0.1, 0.15) is 5.82 Å². The molecule has 0 amide bonds. The second-order valence-corrected chi connectivity index (χ2v) is 9.31. The lowest BCUT2D eigenvalue weighted by Crippen LogP contribution is -2.36. The van der Waals surface area contributed by atoms with Gasteiger partial charge in [0.15, 0.2) is 5.13 Å². The molecule has 1 N–H and O–H groups in total. The van der Waals surface area contributed by atoms with E-state index < -0.39 is 0 Å². The first-order valence-corrected chi connectivity index (χ1v) is 11.5. The largest absolute Gasteiger partial charge is 0.378 e. The summed E-state index contributed by atoms with van der Waals surface area (Å²) in [5.41, 5.74) is 3.41. The molecule has 2 aliphatic rings. The van der Waals surface area contributed by atoms with Gasteiger partial charge in [0.25, 0.3) is 0 Å². The second kappa shape index (κ2) is 8.42. The standard InChI is InChI=1S/C22H29N5OS/c1-16-20(29-22(23-16)27-9-11-28-12-10-27)15-26-8-4-5-17(14-26)13-21-24-18-6-2-3-7-19(18)25-21/h2-3,6-7,17H,4-5,8-15H2,1H3,(H,24,25). The van der Waals surface area contributed by atoms with Gasteiger partial charge in [-0.15, -0.1) is 11.3 Å². The highest BCUT2D eigenvalue weighted by Crippen LogP contribution is 2.29. The fraction of sp³-hybridized carbons (Fsp3) is 0.545. The molecular weight excluding hydrogens is 382 g/mol. The third-order valence-corrected chi connectivity index (χ3v) is 7.26. The number of para-hydroxylation sites is 2. The summed E-state index contributed by atoms with van der Waals surface area (Å²) in [4.78, 5) is 19.5. The van der Waals surface area contributed by atoms with Gasteiger partial charge in [-0.2, -0.15) is 0 Å². The van der Waals surface area contributed by atoms with Gasteiger partial charge >= 0.3 is 0 Å². The lowest BCUT2D eigenvalue weighted by Gasteiger charge is -2.32. The molecule has 2 aromatic heterocycles. The average Bonchev–Trinajstić information content (AvgIpc) is 3.32. The first-order chi connectivity index (χ1) is 14.2. The first-order valence-electron chi connectivity index (χ1n) is 10.7. The number of fused-ring (bicyclic) bond motifs is 1. The highest BCUT2D eigenvalue weighted by molar-refractivity contribution is 7.15. The van der Waals surface area contributed by atoms with E-state index in [0.717, 1.165) is 67.8 Å². The molecule has 0 radical (unpaired) electrons. The van der Waals surface area contributed by atoms with E-state index in [1.807, 2.05) is 11.3 Å². The minimum atomic E-state index is 0.663. The van der Waals surface area contributed by atoms with Crippen molar-refractivity contribution in [3.05, 3.63) is 40.7 Å². The molecule has 154 valence electrons. The number of ether oxygens (including phenoxy) is 1. The summed E-state index contributed by atoms with van der Waals surface area (Å²) in [6.07, 6.45) is 3.58. The number of piperidine rings is 1. The van der Waals surface area contributed by atoms with Crippen molar-refractivity contribution in [2.24, 2.45) is 5.92 Å². The summed E-state index contributed by atoms with van der Waals surface area (Å²) in [6, 6.07) is 8.31. The number of benzene rings is 1. The van der Waals surface area contributed by atoms with Crippen molar-refractivity contribution in [1.82, 2.24) is 19.9 Å². The Bertz CT molecular complexity index is 928. The van der Waals surface area contributed by atoms with Gasteiger partial charge in [-0.3, -0.25) is 4.90 Å². The number of H-pyrrole nitrogens is 1. The SMILES string of the molecule is Cc1nc(N2CCOCC2)sc1CN1CCCC(Cc2nc3ccccc3[nH]2)C1. The molecule has 1 atom stereocenters. The summed E-state index contributed by atoms with van der Waals surface area (Å²) in [5, 5.41) is 1.16. The third-order valence-electron chi connectivity index (χ3n) is 6.05. The van der Waals surface area contributed by atoms with Crippen LogP contribution >= 0.6 is 11.3 Å². The smallest absolute Gasteiger partial charge is 0.185 e. The Morgan fingerprint density at radius 3 is 2.90 bits per heavy atom. The van der Waals surface area contributed by atoms with Crippen LogP contribution in [0.25, 0.3) is 11.0 Å². The number of hydrogen-bond donors (Lipinski definition) is 1. The lowest BCUT2D eigenvalue weighted by molar-refractivity contribution is 0.122. The van der Waals surface area contributed by atoms with Gasteiger partial charge in [-0.05, 0) is 44.4 Å². The van der Waals surface area contributed by atoms with Gasteiger partial charge in [-0.25, -0.2) is 9.97 Å². The maximum absolute atomic E-state index is 5.48. The molecule has 2 aliphatic heterocycles. The zero-order valence-electron chi connectivity index (χ0n) is 17.1. The molecule has 2 fully saturated rings. The number of imidazole rings is 1. The Morgan fingerprint density at radius 1 is 1.17 bits per heavy atom. The molecule has 4 heterocycles. The number of nitrogens with one attached hydrogen (secondary N) is 1. The molecule has 0 bridgehead atoms. The molecule has 1 unspecified atom stereocenters. The van der Waals surface area contributed by atoms with E-state index in [9.17, 15) is 0 Å². The van der Waals surface area contributed by atoms with Crippen LogP contribution in [0.2, 0.25) is 0 Å². The molecule has 5 rings (SSSR count). The first kappa shape index (κ1) is 19.0. The Balaban J connectivity index is 1.22. The molecule has 29 heavy (non-hydrogen) atoms. The van der Waals surface area contributed by atoms with Crippen molar-refractivity contribution < 1.29 is 4.74 Å². The monoisotopic (exact) mass is 411 g/mol. The zero-order chi connectivity index (χ0) is 19.6. The van der Waals surface area contributed by atoms with Gasteiger partial charge in [0.2, 0.25) is 0 Å². The second-order valence-electron chi connectivity index (χ2n) is 8.25. The molecule has 0 spiro atoms. The van der Waals surface area contributed by atoms with Crippen molar-refractivity contribution in [3.8, 4) is 0 Å². The van der Waals surface area contributed by atoms with Crippen LogP contribution in [-0.2, 0) is 17.7 Å². The van der Waals surface area contributed by atoms with Crippen LogP contribution in [0, 0.1) is 12.8 Å². The summed E-state index contributed by atoms with van der Waals surface area (Å²) < 4.78 is 5.48. The van der Waals surface area contributed by atoms with Crippen LogP contribution in [0.4, 0.5) is 5.13 Å². The highest BCUT2D eigenvalue weighted by Gasteiger charge is 2.24. The van der Waals surface area contributed by atoms with Crippen molar-refractivity contribution in [2.75, 3.05) is 44.3 Å². The summed E-state index contributed by atoms with van der Waals surface area (Å²) in [7, 11) is 0. The fourth-order valence-corrected chi connectivity index (χ4v) is 5.64. The van der Waals surface area contributed by atoms with Gasteiger partial charge in [0.05, 0.1) is 29.9 Å². The van der Waals surface area contributed by atoms with Gasteiger partial charge in [0, 0.05) is 37.5 Å². The van der Waals surface area contributed by atoms with E-state index in [-0.39, 0.29) is 0 Å². The number of rotatable bonds is 5. The maximum Gasteiger partial charge on any atom is 0.185 e. The number of nitrogens with zero attached hydrogens (tertiary/aromatic N) is 4. The highest BCUT2D eigenvalue weighted by atomic mass is 32.1. The molecule has 2 saturated heterocycles. The Kier molecular flexibility index (Phi) is 5.52. The quantitative estimate of drug-likeness (QED) is 0.695. The van der Waals surface area contributed by atoms with Crippen LogP contribution in [-0.4, -0.2) is 59.2 Å². The van der Waals surface area contributed by atoms with Crippen LogP contribution in [0.3, 0.4) is 0 Å². The van der Waals surface area contributed by atoms with Crippen molar-refractivity contribution in [1.29, 1.82) is 0 Å². The van der Waals surface area contributed by atoms with E-state index >= 15 is 0 Å². The average molecular weight is 412 g/mol. The number of hydrogen-bond acceptors (Lipinski definition) is 6. The molecular formula is C22H29N5OS. The van der Waals surface area contributed by atoms with E-state index in [2.05, 4.69) is 46.0 Å². The van der Waals surface area contributed by atoms with E-state index in [1.54, 1.807) is 0 Å². The fourth-order valence-electron chi connectivity index (χ4n) is 4.49. The normalized spacial score (nSPS) is 21.1. The Labute approximate surface area is 175 Å². The van der Waals surface area contributed by atoms with Crippen molar-refractivity contribution in [2.45, 2.75) is 32.7 Å². The number of anilines is 1. The lowest BCUT2D eigenvalue weighted by atomic mass is 9.94. The van der Waals surface area contributed by atoms with Gasteiger partial charge in [-0.1, -0.05) is 12.1 Å². The number of aryl methyl sites for hydroxylation is 1. The molecule has 7 heteroatoms. The predicted molar refractivity (Wildman–Crippen MR) is 118 cm³/mol. The minimum Gasteiger partial charge on any atom is -0.378 e. The molecule has 0 aliphatic carbocycles. The van der Waals surface area contributed by atoms with E-state index in [4.69, 9.17) is 14.7 Å². The zero-order valence-corrected chi connectivity index (χ0v) is 17.9. The maximum atomic E-state index is 5.48. The number of thiazole rings is 1. The van der Waals surface area contributed by atoms with Crippen LogP contribution in [0.5, 0.6) is 0 Å². The van der Waals surface area contributed by atoms with Crippen molar-refractivity contribution in [3.63, 3.8) is 0 Å². The van der Waals surface area contributed by atoms with Gasteiger partial charge < -0.3 is 14.6 Å². The predicted octanol–water partition coefficient (Wildman–Crippen LogP) is 3.62. The molecule has 6 nitrogen and oxygen atoms in total. The van der Waals surface area contributed by atoms with E-state index in [1.165, 1.54) is 30.0 Å². The molecule has 0 saturated carbocycles. The van der Waals surface area contributed by atoms with E-state index in [0.29, 0.717) is 5.92 Å². The molecule has 3 aromatic rings. The van der Waals surface area contributed by atoms with Crippen LogP contribution < -0.4 is 4.90 Å². The number of aromatic nitrogens is 3. The summed E-state index contributed by atoms with van der Waals surface area (Å²) >= 11 is 1.87. The third kappa shape index (κ3) is 4.32.